The molecule has 0 unspecified atom stereocenters. The van der Waals surface area contributed by atoms with Crippen molar-refractivity contribution in [3.05, 3.63) is 71.8 Å². The van der Waals surface area contributed by atoms with Crippen LogP contribution in [-0.4, -0.2) is 76.2 Å². The van der Waals surface area contributed by atoms with Crippen LogP contribution in [0.15, 0.2) is 70.6 Å². The number of rotatable bonds is 13. The molecule has 0 N–H and O–H groups in total. The Morgan fingerprint density at radius 2 is 1.31 bits per heavy atom. The van der Waals surface area contributed by atoms with E-state index in [0.29, 0.717) is 57.4 Å². The molecule has 2 heterocycles. The summed E-state index contributed by atoms with van der Waals surface area (Å²) in [6.07, 6.45) is 1.35. The molecule has 9 heteroatoms. The third-order valence-corrected chi connectivity index (χ3v) is 8.98. The van der Waals surface area contributed by atoms with Crippen LogP contribution < -0.4 is 0 Å². The second-order valence-electron chi connectivity index (χ2n) is 12.6. The summed E-state index contributed by atoms with van der Waals surface area (Å²) in [6.45, 7) is 14.0. The number of aliphatic imine (C=N–C) groups is 2. The number of amides is 2. The normalized spacial score (nSPS) is 23.8. The maximum absolute atomic E-state index is 14.4. The van der Waals surface area contributed by atoms with E-state index in [1.807, 2.05) is 84.3 Å². The predicted molar refractivity (Wildman–Crippen MR) is 180 cm³/mol. The number of alkyl halides is 1. The minimum atomic E-state index is -1.19. The summed E-state index contributed by atoms with van der Waals surface area (Å²) in [4.78, 5) is 42.0. The minimum Gasteiger partial charge on any atom is -0.480 e. The maximum Gasteiger partial charge on any atom is 0.252 e. The van der Waals surface area contributed by atoms with E-state index in [0.717, 1.165) is 11.1 Å². The Kier molecular flexibility index (Phi) is 12.1. The molecule has 0 bridgehead atoms. The molecule has 2 amide bonds. The number of ether oxygens (including phenoxy) is 2. The smallest absolute Gasteiger partial charge is 0.252 e. The van der Waals surface area contributed by atoms with Crippen molar-refractivity contribution in [2.45, 2.75) is 97.6 Å². The second-order valence-corrected chi connectivity index (χ2v) is 12.9. The molecule has 4 rings (SSSR count). The molecule has 244 valence electrons. The number of halogens is 1. The molecular formula is C36H49ClN4O4. The van der Waals surface area contributed by atoms with E-state index in [-0.39, 0.29) is 41.6 Å². The molecule has 8 nitrogen and oxygen atoms in total. The van der Waals surface area contributed by atoms with Gasteiger partial charge in [0, 0.05) is 13.1 Å². The zero-order chi connectivity index (χ0) is 32.6. The summed E-state index contributed by atoms with van der Waals surface area (Å²) in [6, 6.07) is 18.8. The summed E-state index contributed by atoms with van der Waals surface area (Å²) in [5.41, 5.74) is 0.889. The van der Waals surface area contributed by atoms with Crippen LogP contribution in [0.2, 0.25) is 0 Å². The van der Waals surface area contributed by atoms with Crippen LogP contribution in [0.5, 0.6) is 0 Å². The molecule has 0 radical (unpaired) electrons. The SMILES string of the molecule is CCOC1=N[C@H](CCC[C@]2(CCl)N=C(OCC)[C@H](C(C)C)N(Cc3ccccc3)C2=O)C(=O)N(Cc2ccccc2)[C@H]1C(C)C. The van der Waals surface area contributed by atoms with Crippen LogP contribution >= 0.6 is 11.6 Å². The molecule has 2 aliphatic rings. The topological polar surface area (TPSA) is 83.8 Å². The fourth-order valence-electron chi connectivity index (χ4n) is 6.42. The van der Waals surface area contributed by atoms with Gasteiger partial charge in [-0.15, -0.1) is 11.6 Å². The molecule has 4 atom stereocenters. The first-order valence-electron chi connectivity index (χ1n) is 16.3. The third kappa shape index (κ3) is 7.89. The van der Waals surface area contributed by atoms with E-state index < -0.39 is 11.6 Å². The summed E-state index contributed by atoms with van der Waals surface area (Å²) >= 11 is 6.64. The van der Waals surface area contributed by atoms with Crippen LogP contribution in [0.3, 0.4) is 0 Å². The fourth-order valence-corrected chi connectivity index (χ4v) is 6.73. The molecule has 0 saturated carbocycles. The average molecular weight is 637 g/mol. The van der Waals surface area contributed by atoms with Crippen molar-refractivity contribution in [3.63, 3.8) is 0 Å². The molecule has 2 aromatic rings. The van der Waals surface area contributed by atoms with E-state index in [1.54, 1.807) is 0 Å². The Morgan fingerprint density at radius 3 is 1.82 bits per heavy atom. The first-order chi connectivity index (χ1) is 21.7. The van der Waals surface area contributed by atoms with Crippen molar-refractivity contribution in [2.75, 3.05) is 19.1 Å². The molecule has 0 fully saturated rings. The average Bonchev–Trinajstić information content (AvgIpc) is 3.02. The van der Waals surface area contributed by atoms with Crippen molar-refractivity contribution in [1.29, 1.82) is 0 Å². The first-order valence-corrected chi connectivity index (χ1v) is 16.9. The van der Waals surface area contributed by atoms with Crippen LogP contribution in [-0.2, 0) is 32.2 Å². The Hall–Kier alpha value is -3.39. The highest BCUT2D eigenvalue weighted by molar-refractivity contribution is 6.21. The largest absolute Gasteiger partial charge is 0.480 e. The Balaban J connectivity index is 1.61. The van der Waals surface area contributed by atoms with Gasteiger partial charge in [0.15, 0.2) is 5.54 Å². The quantitative estimate of drug-likeness (QED) is 0.235. The standard InChI is InChI=1S/C36H49ClN4O4/c1-7-44-32-30(25(3)4)40(22-27-16-11-9-12-17-27)34(42)29(38-32)20-15-21-36(24-37)35(43)41(23-28-18-13-10-14-19-28)31(26(5)6)33(39-36)45-8-2/h9-14,16-19,25-26,29-31H,7-8,15,20-24H2,1-6H3/t29-,30+,31+,36-/m1/s1. The molecule has 2 aromatic carbocycles. The lowest BCUT2D eigenvalue weighted by Gasteiger charge is -2.44. The van der Waals surface area contributed by atoms with Gasteiger partial charge in [-0.3, -0.25) is 9.59 Å². The van der Waals surface area contributed by atoms with E-state index in [4.69, 9.17) is 31.1 Å². The van der Waals surface area contributed by atoms with Crippen molar-refractivity contribution in [1.82, 2.24) is 9.80 Å². The van der Waals surface area contributed by atoms with Gasteiger partial charge in [-0.25, -0.2) is 9.98 Å². The zero-order valence-corrected chi connectivity index (χ0v) is 28.4. The van der Waals surface area contributed by atoms with Crippen LogP contribution in [0.25, 0.3) is 0 Å². The molecule has 0 aliphatic carbocycles. The van der Waals surface area contributed by atoms with Crippen molar-refractivity contribution in [2.24, 2.45) is 21.8 Å². The molecule has 0 saturated heterocycles. The molecule has 0 aromatic heterocycles. The van der Waals surface area contributed by atoms with Crippen molar-refractivity contribution < 1.29 is 19.1 Å². The Labute approximate surface area is 273 Å². The van der Waals surface area contributed by atoms with E-state index >= 15 is 0 Å². The summed E-state index contributed by atoms with van der Waals surface area (Å²) in [5.74, 6) is 1.23. The highest BCUT2D eigenvalue weighted by Crippen LogP contribution is 2.35. The summed E-state index contributed by atoms with van der Waals surface area (Å²) in [5, 5.41) is 0. The number of carbonyl (C=O) groups excluding carboxylic acids is 2. The molecule has 0 spiro atoms. The van der Waals surface area contributed by atoms with E-state index in [2.05, 4.69) is 27.7 Å². The monoisotopic (exact) mass is 636 g/mol. The molecule has 45 heavy (non-hydrogen) atoms. The van der Waals surface area contributed by atoms with Crippen LogP contribution in [0.4, 0.5) is 0 Å². The molecular weight excluding hydrogens is 588 g/mol. The van der Waals surface area contributed by atoms with Crippen LogP contribution in [0, 0.1) is 11.8 Å². The highest BCUT2D eigenvalue weighted by atomic mass is 35.5. The predicted octanol–water partition coefficient (Wildman–Crippen LogP) is 6.51. The number of nitrogens with zero attached hydrogens (tertiary/aromatic N) is 4. The Morgan fingerprint density at radius 1 is 0.800 bits per heavy atom. The Bertz CT molecular complexity index is 1330. The van der Waals surface area contributed by atoms with Gasteiger partial charge >= 0.3 is 0 Å². The van der Waals surface area contributed by atoms with Gasteiger partial charge in [-0.2, -0.15) is 0 Å². The fraction of sp³-hybridized carbons (Fsp3) is 0.556. The van der Waals surface area contributed by atoms with E-state index in [9.17, 15) is 9.59 Å². The number of hydrogen-bond donors (Lipinski definition) is 0. The van der Waals surface area contributed by atoms with Gasteiger partial charge in [0.2, 0.25) is 17.7 Å². The van der Waals surface area contributed by atoms with Crippen LogP contribution in [0.1, 0.15) is 71.9 Å². The maximum atomic E-state index is 14.4. The summed E-state index contributed by atoms with van der Waals surface area (Å²) in [7, 11) is 0. The number of benzene rings is 2. The van der Waals surface area contributed by atoms with Crippen molar-refractivity contribution >= 4 is 35.2 Å². The van der Waals surface area contributed by atoms with Gasteiger partial charge in [-0.05, 0) is 56.1 Å². The summed E-state index contributed by atoms with van der Waals surface area (Å²) < 4.78 is 12.1. The van der Waals surface area contributed by atoms with Gasteiger partial charge in [0.05, 0.1) is 19.1 Å². The molecule has 2 aliphatic heterocycles. The van der Waals surface area contributed by atoms with Gasteiger partial charge < -0.3 is 19.3 Å². The highest BCUT2D eigenvalue weighted by Gasteiger charge is 2.50. The lowest BCUT2D eigenvalue weighted by atomic mass is 9.87. The van der Waals surface area contributed by atoms with E-state index in [1.165, 1.54) is 0 Å². The second kappa shape index (κ2) is 15.7. The first kappa shape index (κ1) is 34.5. The number of carbonyl (C=O) groups is 2. The lowest BCUT2D eigenvalue weighted by Crippen LogP contribution is -2.61. The number of hydrogen-bond acceptors (Lipinski definition) is 6. The van der Waals surface area contributed by atoms with Crippen molar-refractivity contribution in [3.8, 4) is 0 Å². The lowest BCUT2D eigenvalue weighted by molar-refractivity contribution is -0.141. The zero-order valence-electron chi connectivity index (χ0n) is 27.6. The third-order valence-electron chi connectivity index (χ3n) is 8.54. The van der Waals surface area contributed by atoms with Gasteiger partial charge in [0.1, 0.15) is 18.1 Å². The van der Waals surface area contributed by atoms with Gasteiger partial charge in [0.25, 0.3) is 5.91 Å². The van der Waals surface area contributed by atoms with Gasteiger partial charge in [-0.1, -0.05) is 88.4 Å². The minimum absolute atomic E-state index is 0.0140.